The van der Waals surface area contributed by atoms with Crippen LogP contribution in [0, 0.1) is 12.3 Å². The molecule has 1 N–H and O–H groups in total. The molecular weight excluding hydrogens is 302 g/mol. The van der Waals surface area contributed by atoms with Crippen molar-refractivity contribution in [3.8, 4) is 0 Å². The van der Waals surface area contributed by atoms with Crippen LogP contribution >= 0.6 is 0 Å². The van der Waals surface area contributed by atoms with Gasteiger partial charge >= 0.3 is 0 Å². The molecule has 1 aromatic heterocycles. The van der Waals surface area contributed by atoms with Crippen molar-refractivity contribution >= 4 is 12.0 Å². The predicted molar refractivity (Wildman–Crippen MR) is 97.0 cm³/mol. The number of ketones is 1. The molecule has 5 heteroatoms. The maximum atomic E-state index is 12.1. The zero-order valence-corrected chi connectivity index (χ0v) is 14.4. The van der Waals surface area contributed by atoms with Gasteiger partial charge in [-0.3, -0.25) is 4.79 Å². The molecule has 0 amide bonds. The monoisotopic (exact) mass is 329 g/mol. The summed E-state index contributed by atoms with van der Waals surface area (Å²) in [5, 5.41) is 6.89. The first-order chi connectivity index (χ1) is 11.7. The van der Waals surface area contributed by atoms with E-state index in [1.165, 1.54) is 6.21 Å². The maximum absolute atomic E-state index is 12.1. The number of carbonyl (C=O) groups excluding carboxylic acids is 1. The Morgan fingerprint density at radius 1 is 1.12 bits per heavy atom. The molecule has 0 bridgehead atoms. The van der Waals surface area contributed by atoms with Gasteiger partial charge in [0.25, 0.3) is 0 Å². The number of hydrogen-bond acceptors (Lipinski definition) is 5. The van der Waals surface area contributed by atoms with E-state index in [1.807, 2.05) is 25.1 Å². The molecular formula is C19H27N3O2. The minimum Gasteiger partial charge on any atom is -0.458 e. The zero-order chi connectivity index (χ0) is 17.2. The van der Waals surface area contributed by atoms with Crippen LogP contribution in [0.5, 0.6) is 0 Å². The van der Waals surface area contributed by atoms with Gasteiger partial charge in [-0.2, -0.15) is 0 Å². The van der Waals surface area contributed by atoms with Crippen LogP contribution in [0.15, 0.2) is 40.9 Å². The fourth-order valence-corrected chi connectivity index (χ4v) is 2.76. The van der Waals surface area contributed by atoms with Crippen molar-refractivity contribution in [1.29, 1.82) is 5.41 Å². The summed E-state index contributed by atoms with van der Waals surface area (Å²) in [5.41, 5.74) is 0. The van der Waals surface area contributed by atoms with Gasteiger partial charge in [-0.25, -0.2) is 0 Å². The molecule has 1 saturated heterocycles. The van der Waals surface area contributed by atoms with Crippen molar-refractivity contribution in [3.63, 3.8) is 0 Å². The molecule has 0 unspecified atom stereocenters. The van der Waals surface area contributed by atoms with Gasteiger partial charge in [0.2, 0.25) is 0 Å². The summed E-state index contributed by atoms with van der Waals surface area (Å²) in [6.07, 6.45) is 10.5. The molecule has 0 aliphatic carbocycles. The van der Waals surface area contributed by atoms with Gasteiger partial charge in [0.05, 0.1) is 0 Å². The van der Waals surface area contributed by atoms with Crippen LogP contribution < -0.4 is 0 Å². The Morgan fingerprint density at radius 2 is 1.83 bits per heavy atom. The number of rotatable bonds is 9. The number of hydrogen-bond donors (Lipinski definition) is 1. The number of nitrogens with zero attached hydrogens (tertiary/aromatic N) is 2. The van der Waals surface area contributed by atoms with Crippen LogP contribution in [0.2, 0.25) is 0 Å². The van der Waals surface area contributed by atoms with Crippen molar-refractivity contribution in [3.05, 3.63) is 48.0 Å². The maximum Gasteiger partial charge on any atom is 0.199 e. The molecule has 0 saturated carbocycles. The Balaban J connectivity index is 1.60. The Morgan fingerprint density at radius 3 is 2.46 bits per heavy atom. The lowest BCUT2D eigenvalue weighted by Gasteiger charge is -2.34. The fraction of sp³-hybridized carbons (Fsp3) is 0.474. The third kappa shape index (κ3) is 6.26. The van der Waals surface area contributed by atoms with E-state index in [1.54, 1.807) is 12.1 Å². The summed E-state index contributed by atoms with van der Waals surface area (Å²) in [5.74, 6) is 1.36. The average Bonchev–Trinajstić information content (AvgIpc) is 3.03. The van der Waals surface area contributed by atoms with Gasteiger partial charge in [0.15, 0.2) is 11.5 Å². The lowest BCUT2D eigenvalue weighted by Crippen LogP contribution is -2.46. The van der Waals surface area contributed by atoms with Gasteiger partial charge in [-0.05, 0) is 31.6 Å². The van der Waals surface area contributed by atoms with E-state index >= 15 is 0 Å². The second kappa shape index (κ2) is 10.0. The fourth-order valence-electron chi connectivity index (χ4n) is 2.76. The SMILES string of the molecule is Cc1ccc(C(=O)CCN2CCN(CC/C=C\C=C/C=N)CC2)o1. The summed E-state index contributed by atoms with van der Waals surface area (Å²) in [6.45, 7) is 7.86. The first kappa shape index (κ1) is 18.4. The second-order valence-electron chi connectivity index (χ2n) is 6.04. The van der Waals surface area contributed by atoms with Crippen molar-refractivity contribution in [2.75, 3.05) is 39.3 Å². The quantitative estimate of drug-likeness (QED) is 0.430. The number of allylic oxidation sites excluding steroid dienone is 3. The molecule has 2 heterocycles. The van der Waals surface area contributed by atoms with E-state index in [2.05, 4.69) is 15.9 Å². The molecule has 0 atom stereocenters. The number of piperazine rings is 1. The highest BCUT2D eigenvalue weighted by Crippen LogP contribution is 2.10. The highest BCUT2D eigenvalue weighted by Gasteiger charge is 2.18. The molecule has 0 radical (unpaired) electrons. The van der Waals surface area contributed by atoms with E-state index in [4.69, 9.17) is 9.83 Å². The van der Waals surface area contributed by atoms with Crippen LogP contribution in [0.25, 0.3) is 0 Å². The number of furan rings is 1. The molecule has 0 aromatic carbocycles. The minimum absolute atomic E-state index is 0.0913. The molecule has 24 heavy (non-hydrogen) atoms. The van der Waals surface area contributed by atoms with E-state index in [-0.39, 0.29) is 5.78 Å². The molecule has 2 rings (SSSR count). The average molecular weight is 329 g/mol. The molecule has 0 spiro atoms. The minimum atomic E-state index is 0.0913. The van der Waals surface area contributed by atoms with Crippen molar-refractivity contribution in [2.24, 2.45) is 0 Å². The molecule has 1 aromatic rings. The molecule has 1 fully saturated rings. The molecule has 5 nitrogen and oxygen atoms in total. The number of Topliss-reactive ketones (excluding diaryl/α,β-unsaturated/α-hetero) is 1. The van der Waals surface area contributed by atoms with Crippen LogP contribution in [-0.2, 0) is 0 Å². The zero-order valence-electron chi connectivity index (χ0n) is 14.4. The number of aryl methyl sites for hydroxylation is 1. The first-order valence-electron chi connectivity index (χ1n) is 8.55. The summed E-state index contributed by atoms with van der Waals surface area (Å²) in [6, 6.07) is 3.60. The van der Waals surface area contributed by atoms with Crippen LogP contribution in [0.3, 0.4) is 0 Å². The van der Waals surface area contributed by atoms with Gasteiger partial charge in [0, 0.05) is 51.9 Å². The molecule has 1 aliphatic heterocycles. The van der Waals surface area contributed by atoms with E-state index in [0.29, 0.717) is 12.2 Å². The lowest BCUT2D eigenvalue weighted by atomic mass is 10.2. The van der Waals surface area contributed by atoms with E-state index in [0.717, 1.165) is 51.4 Å². The van der Waals surface area contributed by atoms with Crippen LogP contribution in [0.1, 0.15) is 29.2 Å². The van der Waals surface area contributed by atoms with Gasteiger partial charge in [-0.15, -0.1) is 0 Å². The first-order valence-corrected chi connectivity index (χ1v) is 8.55. The number of nitrogens with one attached hydrogen (secondary N) is 1. The topological polar surface area (TPSA) is 60.5 Å². The van der Waals surface area contributed by atoms with E-state index < -0.39 is 0 Å². The summed E-state index contributed by atoms with van der Waals surface area (Å²) < 4.78 is 5.38. The Kier molecular flexibility index (Phi) is 7.65. The van der Waals surface area contributed by atoms with Gasteiger partial charge in [0.1, 0.15) is 5.76 Å². The smallest absolute Gasteiger partial charge is 0.199 e. The van der Waals surface area contributed by atoms with Crippen LogP contribution in [-0.4, -0.2) is 61.1 Å². The summed E-state index contributed by atoms with van der Waals surface area (Å²) in [4.78, 5) is 16.9. The summed E-state index contributed by atoms with van der Waals surface area (Å²) >= 11 is 0. The highest BCUT2D eigenvalue weighted by atomic mass is 16.3. The van der Waals surface area contributed by atoms with E-state index in [9.17, 15) is 4.79 Å². The Bertz CT molecular complexity index is 581. The number of carbonyl (C=O) groups is 1. The normalized spacial score (nSPS) is 17.0. The highest BCUT2D eigenvalue weighted by molar-refractivity contribution is 5.93. The standard InChI is InChI=1S/C19H27N3O2/c1-17-7-8-19(24-17)18(23)9-12-22-15-13-21(14-16-22)11-6-4-2-3-5-10-20/h2-5,7-8,10,20H,6,9,11-16H2,1H3/b4-2-,5-3-,20-10?. The van der Waals surface area contributed by atoms with Crippen molar-refractivity contribution in [1.82, 2.24) is 9.80 Å². The van der Waals surface area contributed by atoms with Crippen molar-refractivity contribution in [2.45, 2.75) is 19.8 Å². The van der Waals surface area contributed by atoms with Gasteiger partial charge in [-0.1, -0.05) is 18.2 Å². The van der Waals surface area contributed by atoms with Crippen LogP contribution in [0.4, 0.5) is 0 Å². The Labute approximate surface area is 144 Å². The van der Waals surface area contributed by atoms with Crippen molar-refractivity contribution < 1.29 is 9.21 Å². The predicted octanol–water partition coefficient (Wildman–Crippen LogP) is 2.93. The molecule has 1 aliphatic rings. The third-order valence-electron chi connectivity index (χ3n) is 4.20. The summed E-state index contributed by atoms with van der Waals surface area (Å²) in [7, 11) is 0. The van der Waals surface area contributed by atoms with Gasteiger partial charge < -0.3 is 19.6 Å². The second-order valence-corrected chi connectivity index (χ2v) is 6.04. The lowest BCUT2D eigenvalue weighted by molar-refractivity contribution is 0.0903. The largest absolute Gasteiger partial charge is 0.458 e. The molecule has 130 valence electrons. The third-order valence-corrected chi connectivity index (χ3v) is 4.20. The Hall–Kier alpha value is -1.98.